The number of nitrogens with one attached hydrogen (secondary N) is 1. The van der Waals surface area contributed by atoms with Gasteiger partial charge in [-0.15, -0.1) is 0 Å². The summed E-state index contributed by atoms with van der Waals surface area (Å²) in [5.74, 6) is -0.280. The highest BCUT2D eigenvalue weighted by molar-refractivity contribution is 5.99. The number of amides is 1. The lowest BCUT2D eigenvalue weighted by Gasteiger charge is -2.26. The van der Waals surface area contributed by atoms with Gasteiger partial charge >= 0.3 is 6.18 Å². The van der Waals surface area contributed by atoms with Crippen LogP contribution in [0.1, 0.15) is 19.4 Å². The third kappa shape index (κ3) is 2.52. The predicted octanol–water partition coefficient (Wildman–Crippen LogP) is 3.12. The SMILES string of the molecule is CN1CC(C)(C)C(=O)Nc2cc(C(F)(F)F)ccc21. The molecule has 0 aliphatic carbocycles. The van der Waals surface area contributed by atoms with Crippen LogP contribution in [0.3, 0.4) is 0 Å². The fourth-order valence-corrected chi connectivity index (χ4v) is 2.19. The average Bonchev–Trinajstić information content (AvgIpc) is 2.33. The molecule has 1 aliphatic rings. The van der Waals surface area contributed by atoms with Crippen molar-refractivity contribution >= 4 is 17.3 Å². The summed E-state index contributed by atoms with van der Waals surface area (Å²) in [5.41, 5.74) is -0.633. The molecule has 1 aliphatic heterocycles. The molecule has 0 spiro atoms. The van der Waals surface area contributed by atoms with Crippen LogP contribution in [-0.2, 0) is 11.0 Å². The third-order valence-corrected chi connectivity index (χ3v) is 3.23. The molecule has 0 fully saturated rings. The molecule has 6 heteroatoms. The van der Waals surface area contributed by atoms with Crippen LogP contribution < -0.4 is 10.2 Å². The molecule has 2 rings (SSSR count). The van der Waals surface area contributed by atoms with E-state index in [1.165, 1.54) is 6.07 Å². The van der Waals surface area contributed by atoms with Crippen LogP contribution in [0, 0.1) is 5.41 Å². The van der Waals surface area contributed by atoms with Gasteiger partial charge in [0.1, 0.15) is 0 Å². The van der Waals surface area contributed by atoms with E-state index < -0.39 is 17.2 Å². The second-order valence-electron chi connectivity index (χ2n) is 5.42. The van der Waals surface area contributed by atoms with E-state index in [2.05, 4.69) is 5.32 Å². The highest BCUT2D eigenvalue weighted by Crippen LogP contribution is 2.38. The molecule has 1 N–H and O–H groups in total. The standard InChI is InChI=1S/C13H15F3N2O/c1-12(2)7-18(3)10-5-4-8(13(14,15)16)6-9(10)17-11(12)19/h4-6H,7H2,1-3H3,(H,17,19). The summed E-state index contributed by atoms with van der Waals surface area (Å²) in [6.45, 7) is 3.96. The minimum atomic E-state index is -4.42. The van der Waals surface area contributed by atoms with Crippen molar-refractivity contribution in [2.45, 2.75) is 20.0 Å². The minimum absolute atomic E-state index is 0.202. The second kappa shape index (κ2) is 4.15. The lowest BCUT2D eigenvalue weighted by molar-refractivity contribution is -0.137. The Morgan fingerprint density at radius 3 is 2.53 bits per heavy atom. The quantitative estimate of drug-likeness (QED) is 0.787. The first kappa shape index (κ1) is 13.7. The zero-order chi connectivity index (χ0) is 14.4. The Balaban J connectivity index is 2.49. The Bertz CT molecular complexity index is 523. The zero-order valence-corrected chi connectivity index (χ0v) is 10.9. The maximum absolute atomic E-state index is 12.7. The molecule has 1 heterocycles. The van der Waals surface area contributed by atoms with Gasteiger partial charge < -0.3 is 10.2 Å². The molecule has 104 valence electrons. The van der Waals surface area contributed by atoms with Gasteiger partial charge in [0.15, 0.2) is 0 Å². The summed E-state index contributed by atoms with van der Waals surface area (Å²) in [6, 6.07) is 3.39. The maximum Gasteiger partial charge on any atom is 0.416 e. The molecule has 1 aromatic rings. The van der Waals surface area contributed by atoms with Gasteiger partial charge in [0.2, 0.25) is 5.91 Å². The molecule has 0 aromatic heterocycles. The van der Waals surface area contributed by atoms with Crippen molar-refractivity contribution < 1.29 is 18.0 Å². The van der Waals surface area contributed by atoms with E-state index in [-0.39, 0.29) is 11.6 Å². The number of fused-ring (bicyclic) bond motifs is 1. The lowest BCUT2D eigenvalue weighted by atomic mass is 9.92. The van der Waals surface area contributed by atoms with Gasteiger partial charge in [0.05, 0.1) is 22.4 Å². The molecule has 19 heavy (non-hydrogen) atoms. The fourth-order valence-electron chi connectivity index (χ4n) is 2.19. The molecule has 0 unspecified atom stereocenters. The summed E-state index contributed by atoms with van der Waals surface area (Å²) in [7, 11) is 1.76. The van der Waals surface area contributed by atoms with Crippen molar-refractivity contribution in [3.63, 3.8) is 0 Å². The minimum Gasteiger partial charge on any atom is -0.372 e. The predicted molar refractivity (Wildman–Crippen MR) is 67.1 cm³/mol. The van der Waals surface area contributed by atoms with Gasteiger partial charge in [-0.1, -0.05) is 0 Å². The topological polar surface area (TPSA) is 32.3 Å². The molecule has 0 bridgehead atoms. The third-order valence-electron chi connectivity index (χ3n) is 3.23. The van der Waals surface area contributed by atoms with Crippen LogP contribution in [0.15, 0.2) is 18.2 Å². The van der Waals surface area contributed by atoms with Gasteiger partial charge in [0.25, 0.3) is 0 Å². The highest BCUT2D eigenvalue weighted by Gasteiger charge is 2.36. The van der Waals surface area contributed by atoms with E-state index in [1.807, 2.05) is 0 Å². The van der Waals surface area contributed by atoms with E-state index >= 15 is 0 Å². The summed E-state index contributed by atoms with van der Waals surface area (Å²) < 4.78 is 38.0. The van der Waals surface area contributed by atoms with Gasteiger partial charge in [-0.25, -0.2) is 0 Å². The van der Waals surface area contributed by atoms with Crippen LogP contribution in [0.2, 0.25) is 0 Å². The van der Waals surface area contributed by atoms with Crippen LogP contribution in [0.25, 0.3) is 0 Å². The lowest BCUT2D eigenvalue weighted by Crippen LogP contribution is -2.37. The average molecular weight is 272 g/mol. The van der Waals surface area contributed by atoms with Crippen LogP contribution >= 0.6 is 0 Å². The number of alkyl halides is 3. The highest BCUT2D eigenvalue weighted by atomic mass is 19.4. The fraction of sp³-hybridized carbons (Fsp3) is 0.462. The molecule has 0 saturated heterocycles. The molecule has 3 nitrogen and oxygen atoms in total. The number of rotatable bonds is 0. The van der Waals surface area contributed by atoms with Crippen molar-refractivity contribution in [3.05, 3.63) is 23.8 Å². The first-order valence-corrected chi connectivity index (χ1v) is 5.85. The monoisotopic (exact) mass is 272 g/mol. The molecule has 0 atom stereocenters. The van der Waals surface area contributed by atoms with Gasteiger partial charge in [0, 0.05) is 13.6 Å². The van der Waals surface area contributed by atoms with Crippen LogP contribution in [0.4, 0.5) is 24.5 Å². The number of halogens is 3. The number of hydrogen-bond acceptors (Lipinski definition) is 2. The van der Waals surface area contributed by atoms with Crippen LogP contribution in [-0.4, -0.2) is 19.5 Å². The smallest absolute Gasteiger partial charge is 0.372 e. The molecule has 0 saturated carbocycles. The summed E-state index contributed by atoms with van der Waals surface area (Å²) in [5, 5.41) is 2.57. The Morgan fingerprint density at radius 2 is 1.95 bits per heavy atom. The summed E-state index contributed by atoms with van der Waals surface area (Å²) in [4.78, 5) is 13.8. The van der Waals surface area contributed by atoms with Crippen molar-refractivity contribution in [3.8, 4) is 0 Å². The maximum atomic E-state index is 12.7. The number of anilines is 2. The van der Waals surface area contributed by atoms with E-state index in [0.29, 0.717) is 12.2 Å². The van der Waals surface area contributed by atoms with Crippen LogP contribution in [0.5, 0.6) is 0 Å². The van der Waals surface area contributed by atoms with Gasteiger partial charge in [-0.05, 0) is 32.0 Å². The van der Waals surface area contributed by atoms with Crippen molar-refractivity contribution in [2.24, 2.45) is 5.41 Å². The molecular weight excluding hydrogens is 257 g/mol. The summed E-state index contributed by atoms with van der Waals surface area (Å²) >= 11 is 0. The Morgan fingerprint density at radius 1 is 1.32 bits per heavy atom. The van der Waals surface area contributed by atoms with Gasteiger partial charge in [-0.3, -0.25) is 4.79 Å². The second-order valence-corrected chi connectivity index (χ2v) is 5.42. The first-order chi connectivity index (χ1) is 8.61. The molecule has 1 amide bonds. The summed E-state index contributed by atoms with van der Waals surface area (Å²) in [6.07, 6.45) is -4.42. The number of carbonyl (C=O) groups excluding carboxylic acids is 1. The number of carbonyl (C=O) groups is 1. The first-order valence-electron chi connectivity index (χ1n) is 5.85. The van der Waals surface area contributed by atoms with E-state index in [0.717, 1.165) is 12.1 Å². The normalized spacial score (nSPS) is 18.6. The number of benzene rings is 1. The van der Waals surface area contributed by atoms with E-state index in [1.54, 1.807) is 25.8 Å². The molecule has 1 aromatic carbocycles. The zero-order valence-electron chi connectivity index (χ0n) is 10.9. The van der Waals surface area contributed by atoms with E-state index in [4.69, 9.17) is 0 Å². The van der Waals surface area contributed by atoms with Gasteiger partial charge in [-0.2, -0.15) is 13.2 Å². The van der Waals surface area contributed by atoms with Crippen molar-refractivity contribution in [1.82, 2.24) is 0 Å². The van der Waals surface area contributed by atoms with Crippen molar-refractivity contribution in [2.75, 3.05) is 23.8 Å². The number of hydrogen-bond donors (Lipinski definition) is 1. The molecule has 0 radical (unpaired) electrons. The Labute approximate surface area is 109 Å². The van der Waals surface area contributed by atoms with E-state index in [9.17, 15) is 18.0 Å². The number of nitrogens with zero attached hydrogens (tertiary/aromatic N) is 1. The van der Waals surface area contributed by atoms with Crippen molar-refractivity contribution in [1.29, 1.82) is 0 Å². The Hall–Kier alpha value is -1.72. The Kier molecular flexibility index (Phi) is 2.99. The largest absolute Gasteiger partial charge is 0.416 e. The molecular formula is C13H15F3N2O.